The molecule has 2 aromatic heterocycles. The predicted octanol–water partition coefficient (Wildman–Crippen LogP) is 5.30. The maximum atomic E-state index is 13.5. The van der Waals surface area contributed by atoms with Gasteiger partial charge in [0.1, 0.15) is 17.2 Å². The summed E-state index contributed by atoms with van der Waals surface area (Å²) >= 11 is 1.95. The third-order valence-corrected chi connectivity index (χ3v) is 5.71. The van der Waals surface area contributed by atoms with Gasteiger partial charge in [-0.1, -0.05) is 30.0 Å². The van der Waals surface area contributed by atoms with Crippen LogP contribution < -0.4 is 5.32 Å². The van der Waals surface area contributed by atoms with Gasteiger partial charge in [-0.15, -0.1) is 11.3 Å². The van der Waals surface area contributed by atoms with Crippen LogP contribution in [0.2, 0.25) is 0 Å². The number of thiophene rings is 1. The number of amides is 1. The van der Waals surface area contributed by atoms with Gasteiger partial charge in [0.2, 0.25) is 5.91 Å². The summed E-state index contributed by atoms with van der Waals surface area (Å²) in [4.78, 5) is 17.0. The number of anilines is 1. The number of benzene rings is 1. The zero-order chi connectivity index (χ0) is 21.7. The van der Waals surface area contributed by atoms with Gasteiger partial charge in [0.15, 0.2) is 0 Å². The van der Waals surface area contributed by atoms with Crippen molar-refractivity contribution in [2.24, 2.45) is 0 Å². The van der Waals surface area contributed by atoms with Crippen molar-refractivity contribution in [1.82, 2.24) is 4.98 Å². The van der Waals surface area contributed by atoms with Gasteiger partial charge in [0, 0.05) is 0 Å². The first kappa shape index (κ1) is 21.4. The van der Waals surface area contributed by atoms with Crippen molar-refractivity contribution in [3.63, 3.8) is 0 Å². The Bertz CT molecular complexity index is 1160. The number of hydrogen-bond donors (Lipinski definition) is 1. The molecule has 30 heavy (non-hydrogen) atoms. The van der Waals surface area contributed by atoms with E-state index in [1.54, 1.807) is 41.8 Å². The van der Waals surface area contributed by atoms with E-state index in [0.717, 1.165) is 17.8 Å². The van der Waals surface area contributed by atoms with Crippen molar-refractivity contribution >= 4 is 34.7 Å². The molecule has 5 nitrogen and oxygen atoms in total. The van der Waals surface area contributed by atoms with Crippen molar-refractivity contribution in [3.8, 4) is 22.7 Å². The molecular weight excluding hydrogens is 433 g/mol. The molecule has 0 bridgehead atoms. The molecule has 2 heterocycles. The number of rotatable bonds is 5. The first-order valence-corrected chi connectivity index (χ1v) is 10.2. The number of halogens is 3. The topological polar surface area (TPSA) is 89.6 Å². The molecule has 0 saturated carbocycles. The molecule has 0 aliphatic carbocycles. The fraction of sp³-hybridized carbons (Fsp3) is 0.100. The summed E-state index contributed by atoms with van der Waals surface area (Å²) in [5.41, 5.74) is -1.10. The van der Waals surface area contributed by atoms with Crippen LogP contribution in [0.25, 0.3) is 10.6 Å². The fourth-order valence-electron chi connectivity index (χ4n) is 2.52. The number of nitriles is 2. The van der Waals surface area contributed by atoms with E-state index >= 15 is 0 Å². The Morgan fingerprint density at radius 3 is 2.57 bits per heavy atom. The largest absolute Gasteiger partial charge is 0.417 e. The van der Waals surface area contributed by atoms with Crippen molar-refractivity contribution in [1.29, 1.82) is 10.5 Å². The van der Waals surface area contributed by atoms with Crippen LogP contribution in [-0.4, -0.2) is 16.6 Å². The smallest absolute Gasteiger partial charge is 0.324 e. The minimum Gasteiger partial charge on any atom is -0.324 e. The lowest BCUT2D eigenvalue weighted by atomic mass is 10.1. The Kier molecular flexibility index (Phi) is 6.40. The number of alkyl halides is 3. The molecule has 1 aromatic carbocycles. The van der Waals surface area contributed by atoms with Crippen LogP contribution >= 0.6 is 23.1 Å². The number of nitrogens with zero attached hydrogens (tertiary/aromatic N) is 3. The SMILES string of the molecule is N#Cc1ccccc1NC(=O)CSc1nc(-c2cccs2)cc(C(F)(F)F)c1C#N. The Morgan fingerprint density at radius 2 is 1.93 bits per heavy atom. The lowest BCUT2D eigenvalue weighted by molar-refractivity contribution is -0.138. The molecule has 150 valence electrons. The number of carbonyl (C=O) groups excluding carboxylic acids is 1. The number of pyridine rings is 1. The average Bonchev–Trinajstić information content (AvgIpc) is 3.26. The Hall–Kier alpha value is -3.34. The van der Waals surface area contributed by atoms with E-state index in [4.69, 9.17) is 5.26 Å². The molecule has 0 aliphatic rings. The normalized spacial score (nSPS) is 10.8. The van der Waals surface area contributed by atoms with Crippen molar-refractivity contribution in [3.05, 3.63) is 64.5 Å². The number of para-hydroxylation sites is 1. The summed E-state index contributed by atoms with van der Waals surface area (Å²) in [5.74, 6) is -0.824. The van der Waals surface area contributed by atoms with E-state index in [0.29, 0.717) is 10.6 Å². The van der Waals surface area contributed by atoms with Gasteiger partial charge in [0.05, 0.1) is 38.7 Å². The second-order valence-corrected chi connectivity index (χ2v) is 7.73. The number of thioether (sulfide) groups is 1. The van der Waals surface area contributed by atoms with E-state index in [1.807, 2.05) is 6.07 Å². The monoisotopic (exact) mass is 444 g/mol. The molecule has 1 amide bonds. The van der Waals surface area contributed by atoms with Gasteiger partial charge in [-0.25, -0.2) is 4.98 Å². The van der Waals surface area contributed by atoms with E-state index in [1.165, 1.54) is 17.4 Å². The molecule has 0 aliphatic heterocycles. The van der Waals surface area contributed by atoms with Gasteiger partial charge in [-0.2, -0.15) is 23.7 Å². The molecular formula is C20H11F3N4OS2. The third-order valence-electron chi connectivity index (χ3n) is 3.84. The van der Waals surface area contributed by atoms with E-state index < -0.39 is 23.2 Å². The fourth-order valence-corrected chi connectivity index (χ4v) is 4.01. The van der Waals surface area contributed by atoms with Crippen LogP contribution in [0.1, 0.15) is 16.7 Å². The van der Waals surface area contributed by atoms with Crippen LogP contribution in [0.3, 0.4) is 0 Å². The highest BCUT2D eigenvalue weighted by atomic mass is 32.2. The predicted molar refractivity (Wildman–Crippen MR) is 108 cm³/mol. The summed E-state index contributed by atoms with van der Waals surface area (Å²) in [6.45, 7) is 0. The van der Waals surface area contributed by atoms with Crippen LogP contribution in [0, 0.1) is 22.7 Å². The lowest BCUT2D eigenvalue weighted by Crippen LogP contribution is -2.16. The molecule has 0 saturated heterocycles. The summed E-state index contributed by atoms with van der Waals surface area (Å²) in [5, 5.41) is 22.5. The highest BCUT2D eigenvalue weighted by Gasteiger charge is 2.36. The molecule has 0 radical (unpaired) electrons. The van der Waals surface area contributed by atoms with Gasteiger partial charge < -0.3 is 5.32 Å². The second-order valence-electron chi connectivity index (χ2n) is 5.82. The van der Waals surface area contributed by atoms with Gasteiger partial charge in [0.25, 0.3) is 0 Å². The van der Waals surface area contributed by atoms with Crippen LogP contribution in [0.4, 0.5) is 18.9 Å². The number of carbonyl (C=O) groups is 1. The zero-order valence-electron chi connectivity index (χ0n) is 15.0. The molecule has 0 unspecified atom stereocenters. The number of aromatic nitrogens is 1. The molecule has 0 spiro atoms. The van der Waals surface area contributed by atoms with E-state index in [9.17, 15) is 23.2 Å². The van der Waals surface area contributed by atoms with Gasteiger partial charge in [-0.05, 0) is 29.6 Å². The van der Waals surface area contributed by atoms with Gasteiger partial charge in [-0.3, -0.25) is 4.79 Å². The van der Waals surface area contributed by atoms with Gasteiger partial charge >= 0.3 is 6.18 Å². The standard InChI is InChI=1S/C20H11F3N4OS2/c21-20(22,23)14-8-16(17-6-3-7-29-17)27-19(13(14)10-25)30-11-18(28)26-15-5-2-1-4-12(15)9-24/h1-8H,11H2,(H,26,28). The molecule has 0 fully saturated rings. The molecule has 0 atom stereocenters. The van der Waals surface area contributed by atoms with Crippen molar-refractivity contribution in [2.45, 2.75) is 11.2 Å². The maximum absolute atomic E-state index is 13.5. The molecule has 10 heteroatoms. The third kappa shape index (κ3) is 4.79. The lowest BCUT2D eigenvalue weighted by Gasteiger charge is -2.13. The van der Waals surface area contributed by atoms with E-state index in [2.05, 4.69) is 10.3 Å². The van der Waals surface area contributed by atoms with Crippen LogP contribution in [-0.2, 0) is 11.0 Å². The quantitative estimate of drug-likeness (QED) is 0.539. The highest BCUT2D eigenvalue weighted by Crippen LogP contribution is 2.38. The Labute approximate surface area is 177 Å². The minimum absolute atomic E-state index is 0.0778. The average molecular weight is 444 g/mol. The summed E-state index contributed by atoms with van der Waals surface area (Å²) in [6.07, 6.45) is -4.75. The number of hydrogen-bond acceptors (Lipinski definition) is 6. The molecule has 3 rings (SSSR count). The maximum Gasteiger partial charge on any atom is 0.417 e. The first-order valence-electron chi connectivity index (χ1n) is 8.31. The van der Waals surface area contributed by atoms with Crippen LogP contribution in [0.15, 0.2) is 52.9 Å². The summed E-state index contributed by atoms with van der Waals surface area (Å²) in [6, 6.07) is 14.0. The minimum atomic E-state index is -4.75. The Balaban J connectivity index is 1.89. The Morgan fingerprint density at radius 1 is 1.17 bits per heavy atom. The van der Waals surface area contributed by atoms with Crippen molar-refractivity contribution in [2.75, 3.05) is 11.1 Å². The number of nitrogens with one attached hydrogen (secondary N) is 1. The summed E-state index contributed by atoms with van der Waals surface area (Å²) < 4.78 is 40.5. The zero-order valence-corrected chi connectivity index (χ0v) is 16.7. The van der Waals surface area contributed by atoms with Crippen molar-refractivity contribution < 1.29 is 18.0 Å². The summed E-state index contributed by atoms with van der Waals surface area (Å²) in [7, 11) is 0. The second kappa shape index (κ2) is 8.99. The first-order chi connectivity index (χ1) is 14.3. The highest BCUT2D eigenvalue weighted by molar-refractivity contribution is 8.00. The van der Waals surface area contributed by atoms with E-state index in [-0.39, 0.29) is 22.0 Å². The molecule has 3 aromatic rings. The molecule has 1 N–H and O–H groups in total. The van der Waals surface area contributed by atoms with Crippen LogP contribution in [0.5, 0.6) is 0 Å².